The Morgan fingerprint density at radius 1 is 1.10 bits per heavy atom. The summed E-state index contributed by atoms with van der Waals surface area (Å²) in [6.45, 7) is 3.68. The highest BCUT2D eigenvalue weighted by atomic mass is 35.5. The Morgan fingerprint density at radius 2 is 1.80 bits per heavy atom. The zero-order chi connectivity index (χ0) is 30.1. The maximum atomic E-state index is 14.3. The van der Waals surface area contributed by atoms with Gasteiger partial charge in [-0.3, -0.25) is 9.59 Å². The van der Waals surface area contributed by atoms with E-state index in [1.807, 2.05) is 0 Å². The van der Waals surface area contributed by atoms with Crippen LogP contribution in [0, 0.1) is 11.7 Å². The molecule has 0 bridgehead atoms. The molecule has 0 aliphatic carbocycles. The predicted octanol–water partition coefficient (Wildman–Crippen LogP) is 1.49. The van der Waals surface area contributed by atoms with Gasteiger partial charge in [-0.25, -0.2) is 24.8 Å². The van der Waals surface area contributed by atoms with Crippen LogP contribution in [-0.2, 0) is 25.5 Å². The van der Waals surface area contributed by atoms with E-state index < -0.39 is 48.0 Å². The van der Waals surface area contributed by atoms with E-state index >= 15 is 0 Å². The van der Waals surface area contributed by atoms with Crippen LogP contribution in [0.4, 0.5) is 9.18 Å². The van der Waals surface area contributed by atoms with Gasteiger partial charge in [0.15, 0.2) is 0 Å². The van der Waals surface area contributed by atoms with E-state index in [4.69, 9.17) is 11.6 Å². The third-order valence-corrected chi connectivity index (χ3v) is 6.76. The number of hydrogen-bond acceptors (Lipinski definition) is 8. The van der Waals surface area contributed by atoms with E-state index in [2.05, 4.69) is 37.1 Å². The molecule has 3 rings (SSSR count). The lowest BCUT2D eigenvalue weighted by Gasteiger charge is -2.27. The van der Waals surface area contributed by atoms with Gasteiger partial charge in [0.05, 0.1) is 7.11 Å². The van der Waals surface area contributed by atoms with E-state index in [-0.39, 0.29) is 24.7 Å². The number of halogens is 2. The van der Waals surface area contributed by atoms with Crippen molar-refractivity contribution in [1.82, 2.24) is 32.3 Å². The Balaban J connectivity index is 1.80. The zero-order valence-corrected chi connectivity index (χ0v) is 23.5. The lowest BCUT2D eigenvalue weighted by Crippen LogP contribution is -2.56. The van der Waals surface area contributed by atoms with Crippen LogP contribution in [0.2, 0.25) is 5.02 Å². The van der Waals surface area contributed by atoms with Gasteiger partial charge in [0, 0.05) is 23.2 Å². The summed E-state index contributed by atoms with van der Waals surface area (Å²) in [5.74, 6) is -3.20. The molecule has 1 saturated heterocycles. The molecule has 0 saturated carbocycles. The second kappa shape index (κ2) is 14.7. The number of ether oxygens (including phenoxy) is 1. The minimum absolute atomic E-state index is 0.159. The molecule has 14 heteroatoms. The molecule has 1 heterocycles. The van der Waals surface area contributed by atoms with Crippen LogP contribution < -0.4 is 32.3 Å². The molecular weight excluding hydrogens is 559 g/mol. The number of hydrazine groups is 2. The van der Waals surface area contributed by atoms with Gasteiger partial charge < -0.3 is 25.8 Å². The fourth-order valence-corrected chi connectivity index (χ4v) is 4.48. The highest BCUT2D eigenvalue weighted by molar-refractivity contribution is 6.30. The number of carbonyl (C=O) groups excluding carboxylic acids is 3. The van der Waals surface area contributed by atoms with Gasteiger partial charge in [0.2, 0.25) is 11.8 Å². The first kappa shape index (κ1) is 31.7. The molecule has 1 fully saturated rings. The quantitative estimate of drug-likeness (QED) is 0.193. The van der Waals surface area contributed by atoms with Crippen molar-refractivity contribution in [3.63, 3.8) is 0 Å². The monoisotopic (exact) mass is 592 g/mol. The SMILES string of the molecule is COC(=O)N[C@H](C(=O)N[C@H](C[C@@H](Cc1ccc(-c2cc(Cl)ccc2F)cc1)NC(=O)C1CNNN1)C(=O)O)C(C)C. The highest BCUT2D eigenvalue weighted by Gasteiger charge is 2.32. The molecule has 0 spiro atoms. The molecule has 2 aromatic carbocycles. The summed E-state index contributed by atoms with van der Waals surface area (Å²) in [4.78, 5) is 49.7. The standard InChI is InChI=1S/C27H34ClFN6O6/c1-14(2)23(33-27(40)41-3)25(37)32-21(26(38)39)12-18(31-24(36)22-13-30-35-34-22)10-15-4-6-16(7-5-15)19-11-17(28)8-9-20(19)29/h4-9,11,14,18,21-23,30,34-35H,10,12-13H2,1-3H3,(H,31,36)(H,32,37)(H,33,40)(H,38,39)/t18-,21-,22?,23+/m1/s1. The summed E-state index contributed by atoms with van der Waals surface area (Å²) in [7, 11) is 1.15. The van der Waals surface area contributed by atoms with E-state index in [0.29, 0.717) is 22.7 Å². The maximum absolute atomic E-state index is 14.3. The molecule has 12 nitrogen and oxygen atoms in total. The number of aliphatic carboxylic acids is 1. The number of benzene rings is 2. The summed E-state index contributed by atoms with van der Waals surface area (Å²) in [5.41, 5.74) is 9.84. The molecule has 41 heavy (non-hydrogen) atoms. The molecule has 0 radical (unpaired) electrons. The van der Waals surface area contributed by atoms with E-state index in [9.17, 15) is 28.7 Å². The van der Waals surface area contributed by atoms with Crippen LogP contribution in [0.3, 0.4) is 0 Å². The number of methoxy groups -OCH3 is 1. The number of hydrogen-bond donors (Lipinski definition) is 7. The van der Waals surface area contributed by atoms with Gasteiger partial charge in [-0.05, 0) is 48.1 Å². The summed E-state index contributed by atoms with van der Waals surface area (Å²) in [6, 6.07) is 7.40. The second-order valence-electron chi connectivity index (χ2n) is 9.93. The molecule has 222 valence electrons. The van der Waals surface area contributed by atoms with Crippen molar-refractivity contribution in [2.24, 2.45) is 5.92 Å². The Morgan fingerprint density at radius 3 is 2.39 bits per heavy atom. The molecule has 2 aromatic rings. The number of amides is 3. The molecular formula is C27H34ClFN6O6. The normalized spacial score (nSPS) is 16.9. The Labute approximate surface area is 241 Å². The third-order valence-electron chi connectivity index (χ3n) is 6.52. The van der Waals surface area contributed by atoms with Gasteiger partial charge in [-0.1, -0.05) is 49.7 Å². The fourth-order valence-electron chi connectivity index (χ4n) is 4.31. The first-order chi connectivity index (χ1) is 19.5. The number of carbonyl (C=O) groups is 4. The Kier molecular flexibility index (Phi) is 11.4. The molecule has 4 atom stereocenters. The number of carboxylic acids is 1. The van der Waals surface area contributed by atoms with Gasteiger partial charge >= 0.3 is 12.1 Å². The van der Waals surface area contributed by atoms with Crippen LogP contribution >= 0.6 is 11.6 Å². The van der Waals surface area contributed by atoms with E-state index in [1.165, 1.54) is 18.2 Å². The topological polar surface area (TPSA) is 170 Å². The largest absolute Gasteiger partial charge is 0.480 e. The molecule has 1 aliphatic rings. The first-order valence-corrected chi connectivity index (χ1v) is 13.3. The van der Waals surface area contributed by atoms with Crippen molar-refractivity contribution in [3.05, 3.63) is 58.9 Å². The lowest BCUT2D eigenvalue weighted by atomic mass is 9.96. The minimum Gasteiger partial charge on any atom is -0.480 e. The summed E-state index contributed by atoms with van der Waals surface area (Å²) in [6.07, 6.45) is -0.775. The van der Waals surface area contributed by atoms with Crippen LogP contribution in [0.1, 0.15) is 25.8 Å². The van der Waals surface area contributed by atoms with Crippen molar-refractivity contribution >= 4 is 35.5 Å². The highest BCUT2D eigenvalue weighted by Crippen LogP contribution is 2.26. The van der Waals surface area contributed by atoms with Gasteiger partial charge in [0.25, 0.3) is 0 Å². The minimum atomic E-state index is -1.39. The number of carboxylic acid groups (broad SMARTS) is 1. The summed E-state index contributed by atoms with van der Waals surface area (Å²) >= 11 is 6.02. The van der Waals surface area contributed by atoms with Crippen molar-refractivity contribution in [2.45, 2.75) is 50.9 Å². The first-order valence-electron chi connectivity index (χ1n) is 12.9. The molecule has 0 aromatic heterocycles. The molecule has 1 aliphatic heterocycles. The summed E-state index contributed by atoms with van der Waals surface area (Å²) < 4.78 is 18.9. The van der Waals surface area contributed by atoms with Gasteiger partial charge in [-0.2, -0.15) is 5.53 Å². The maximum Gasteiger partial charge on any atom is 0.407 e. The van der Waals surface area contributed by atoms with Crippen molar-refractivity contribution in [2.75, 3.05) is 13.7 Å². The molecule has 1 unspecified atom stereocenters. The van der Waals surface area contributed by atoms with Crippen LogP contribution in [0.15, 0.2) is 42.5 Å². The van der Waals surface area contributed by atoms with Crippen LogP contribution in [0.25, 0.3) is 11.1 Å². The second-order valence-corrected chi connectivity index (χ2v) is 10.4. The third kappa shape index (κ3) is 9.11. The van der Waals surface area contributed by atoms with Gasteiger partial charge in [0.1, 0.15) is 23.9 Å². The fraction of sp³-hybridized carbons (Fsp3) is 0.407. The van der Waals surface area contributed by atoms with E-state index in [0.717, 1.165) is 12.7 Å². The molecule has 7 N–H and O–H groups in total. The smallest absolute Gasteiger partial charge is 0.407 e. The average Bonchev–Trinajstić information content (AvgIpc) is 3.48. The molecule has 3 amide bonds. The van der Waals surface area contributed by atoms with Crippen molar-refractivity contribution in [1.29, 1.82) is 0 Å². The van der Waals surface area contributed by atoms with E-state index in [1.54, 1.807) is 38.1 Å². The lowest BCUT2D eigenvalue weighted by molar-refractivity contribution is -0.142. The Bertz CT molecular complexity index is 1240. The van der Waals surface area contributed by atoms with Crippen molar-refractivity contribution < 1.29 is 33.4 Å². The van der Waals surface area contributed by atoms with Gasteiger partial charge in [-0.15, -0.1) is 0 Å². The van der Waals surface area contributed by atoms with Crippen LogP contribution in [0.5, 0.6) is 0 Å². The number of rotatable bonds is 12. The Hall–Kier alpha value is -3.78. The zero-order valence-electron chi connectivity index (χ0n) is 22.8. The average molecular weight is 593 g/mol. The number of nitrogens with one attached hydrogen (secondary N) is 6. The number of alkyl carbamates (subject to hydrolysis) is 1. The predicted molar refractivity (Wildman–Crippen MR) is 149 cm³/mol. The summed E-state index contributed by atoms with van der Waals surface area (Å²) in [5, 5.41) is 18.1. The van der Waals surface area contributed by atoms with Crippen LogP contribution in [-0.4, -0.2) is 66.8 Å². The van der Waals surface area contributed by atoms with Crippen molar-refractivity contribution in [3.8, 4) is 11.1 Å².